The summed E-state index contributed by atoms with van der Waals surface area (Å²) in [5.74, 6) is 0.144. The molecule has 2 rings (SSSR count). The van der Waals surface area contributed by atoms with Crippen LogP contribution >= 0.6 is 0 Å². The SMILES string of the molecule is CCOc1ccc(NC(=O)C(=O)N/N=C/c2ccc(OC)c(OC)c2OC)cc1. The molecule has 0 saturated heterocycles. The van der Waals surface area contributed by atoms with Crippen molar-refractivity contribution in [3.63, 3.8) is 0 Å². The van der Waals surface area contributed by atoms with Crippen LogP contribution in [-0.2, 0) is 9.59 Å². The summed E-state index contributed by atoms with van der Waals surface area (Å²) in [6, 6.07) is 10.00. The van der Waals surface area contributed by atoms with E-state index in [1.54, 1.807) is 36.4 Å². The summed E-state index contributed by atoms with van der Waals surface area (Å²) in [6.45, 7) is 2.41. The van der Waals surface area contributed by atoms with Crippen LogP contribution in [0.5, 0.6) is 23.0 Å². The van der Waals surface area contributed by atoms with Crippen LogP contribution in [0.25, 0.3) is 0 Å². The number of amides is 2. The van der Waals surface area contributed by atoms with Crippen LogP contribution in [0.3, 0.4) is 0 Å². The Balaban J connectivity index is 2.00. The molecule has 0 bridgehead atoms. The molecule has 2 aromatic rings. The van der Waals surface area contributed by atoms with Crippen LogP contribution in [0, 0.1) is 0 Å². The summed E-state index contributed by atoms with van der Waals surface area (Å²) in [4.78, 5) is 23.9. The fraction of sp³-hybridized carbons (Fsp3) is 0.250. The zero-order valence-electron chi connectivity index (χ0n) is 16.6. The molecule has 0 saturated carbocycles. The lowest BCUT2D eigenvalue weighted by atomic mass is 10.2. The van der Waals surface area contributed by atoms with Crippen molar-refractivity contribution in [2.75, 3.05) is 33.3 Å². The van der Waals surface area contributed by atoms with E-state index in [9.17, 15) is 9.59 Å². The standard InChI is InChI=1S/C20H23N3O6/c1-5-29-15-9-7-14(8-10-15)22-19(24)20(25)23-21-12-13-6-11-16(26-2)18(28-4)17(13)27-3/h6-12H,5H2,1-4H3,(H,22,24)(H,23,25)/b21-12+. The minimum atomic E-state index is -0.922. The van der Waals surface area contributed by atoms with Crippen LogP contribution in [0.4, 0.5) is 5.69 Å². The van der Waals surface area contributed by atoms with Gasteiger partial charge in [-0.05, 0) is 43.3 Å². The molecule has 0 aliphatic rings. The third-order valence-corrected chi connectivity index (χ3v) is 3.73. The van der Waals surface area contributed by atoms with E-state index >= 15 is 0 Å². The highest BCUT2D eigenvalue weighted by molar-refractivity contribution is 6.39. The molecule has 29 heavy (non-hydrogen) atoms. The second kappa shape index (κ2) is 10.5. The second-order valence-corrected chi connectivity index (χ2v) is 5.53. The number of anilines is 1. The summed E-state index contributed by atoms with van der Waals surface area (Å²) in [6.07, 6.45) is 1.34. The van der Waals surface area contributed by atoms with Crippen LogP contribution in [-0.4, -0.2) is 46.0 Å². The molecule has 0 aliphatic heterocycles. The van der Waals surface area contributed by atoms with Gasteiger partial charge in [-0.2, -0.15) is 5.10 Å². The number of carbonyl (C=O) groups is 2. The van der Waals surface area contributed by atoms with Gasteiger partial charge >= 0.3 is 11.8 Å². The third-order valence-electron chi connectivity index (χ3n) is 3.73. The monoisotopic (exact) mass is 401 g/mol. The van der Waals surface area contributed by atoms with E-state index in [1.165, 1.54) is 27.5 Å². The summed E-state index contributed by atoms with van der Waals surface area (Å²) < 4.78 is 21.1. The smallest absolute Gasteiger partial charge is 0.329 e. The fourth-order valence-electron chi connectivity index (χ4n) is 2.43. The van der Waals surface area contributed by atoms with Crippen molar-refractivity contribution in [2.24, 2.45) is 5.10 Å². The van der Waals surface area contributed by atoms with E-state index in [1.807, 2.05) is 6.92 Å². The Hall–Kier alpha value is -3.75. The number of carbonyl (C=O) groups excluding carboxylic acids is 2. The maximum absolute atomic E-state index is 12.0. The fourth-order valence-corrected chi connectivity index (χ4v) is 2.43. The summed E-state index contributed by atoms with van der Waals surface area (Å²) in [5, 5.41) is 6.27. The number of ether oxygens (including phenoxy) is 4. The molecule has 2 N–H and O–H groups in total. The van der Waals surface area contributed by atoms with Gasteiger partial charge in [0.15, 0.2) is 11.5 Å². The zero-order valence-corrected chi connectivity index (χ0v) is 16.6. The molecule has 0 aromatic heterocycles. The highest BCUT2D eigenvalue weighted by Crippen LogP contribution is 2.38. The Bertz CT molecular complexity index is 881. The largest absolute Gasteiger partial charge is 0.494 e. The Morgan fingerprint density at radius 2 is 1.62 bits per heavy atom. The van der Waals surface area contributed by atoms with Crippen LogP contribution in [0.1, 0.15) is 12.5 Å². The Morgan fingerprint density at radius 3 is 2.21 bits per heavy atom. The molecular formula is C20H23N3O6. The first kappa shape index (κ1) is 21.5. The first-order valence-electron chi connectivity index (χ1n) is 8.70. The zero-order chi connectivity index (χ0) is 21.2. The van der Waals surface area contributed by atoms with Crippen LogP contribution in [0.2, 0.25) is 0 Å². The lowest BCUT2D eigenvalue weighted by molar-refractivity contribution is -0.136. The molecule has 0 unspecified atom stereocenters. The number of rotatable bonds is 8. The van der Waals surface area contributed by atoms with Gasteiger partial charge in [0.1, 0.15) is 5.75 Å². The Labute approximate surface area is 168 Å². The molecule has 9 heteroatoms. The minimum Gasteiger partial charge on any atom is -0.494 e. The van der Waals surface area contributed by atoms with E-state index in [0.29, 0.717) is 40.9 Å². The maximum atomic E-state index is 12.0. The van der Waals surface area contributed by atoms with Crippen molar-refractivity contribution in [1.29, 1.82) is 0 Å². The Morgan fingerprint density at radius 1 is 0.931 bits per heavy atom. The number of hydrogen-bond donors (Lipinski definition) is 2. The molecule has 0 atom stereocenters. The number of nitrogens with zero attached hydrogens (tertiary/aromatic N) is 1. The lowest BCUT2D eigenvalue weighted by Gasteiger charge is -2.13. The summed E-state index contributed by atoms with van der Waals surface area (Å²) in [5.41, 5.74) is 3.15. The molecule has 0 radical (unpaired) electrons. The van der Waals surface area contributed by atoms with Gasteiger partial charge < -0.3 is 24.3 Å². The molecule has 154 valence electrons. The van der Waals surface area contributed by atoms with Gasteiger partial charge in [-0.1, -0.05) is 0 Å². The molecule has 0 spiro atoms. The number of nitrogens with one attached hydrogen (secondary N) is 2. The minimum absolute atomic E-state index is 0.378. The molecule has 9 nitrogen and oxygen atoms in total. The number of benzene rings is 2. The van der Waals surface area contributed by atoms with E-state index in [4.69, 9.17) is 18.9 Å². The molecule has 0 heterocycles. The van der Waals surface area contributed by atoms with Crippen molar-refractivity contribution < 1.29 is 28.5 Å². The van der Waals surface area contributed by atoms with Gasteiger partial charge in [-0.15, -0.1) is 0 Å². The van der Waals surface area contributed by atoms with Gasteiger partial charge in [-0.25, -0.2) is 5.43 Å². The van der Waals surface area contributed by atoms with Gasteiger partial charge in [0.25, 0.3) is 0 Å². The van der Waals surface area contributed by atoms with Gasteiger partial charge in [0.05, 0.1) is 34.2 Å². The second-order valence-electron chi connectivity index (χ2n) is 5.53. The molecular weight excluding hydrogens is 378 g/mol. The normalized spacial score (nSPS) is 10.3. The number of hydrazone groups is 1. The average Bonchev–Trinajstić information content (AvgIpc) is 2.74. The number of methoxy groups -OCH3 is 3. The van der Waals surface area contributed by atoms with Crippen LogP contribution in [0.15, 0.2) is 41.5 Å². The van der Waals surface area contributed by atoms with Gasteiger partial charge in [0, 0.05) is 11.3 Å². The molecule has 0 aliphatic carbocycles. The van der Waals surface area contributed by atoms with Crippen molar-refractivity contribution in [1.82, 2.24) is 5.43 Å². The first-order chi connectivity index (χ1) is 14.0. The predicted octanol–water partition coefficient (Wildman–Crippen LogP) is 2.20. The highest BCUT2D eigenvalue weighted by atomic mass is 16.5. The molecule has 2 aromatic carbocycles. The molecule has 2 amide bonds. The number of hydrogen-bond acceptors (Lipinski definition) is 7. The summed E-state index contributed by atoms with van der Waals surface area (Å²) >= 11 is 0. The summed E-state index contributed by atoms with van der Waals surface area (Å²) in [7, 11) is 4.46. The molecule has 0 fully saturated rings. The highest BCUT2D eigenvalue weighted by Gasteiger charge is 2.16. The van der Waals surface area contributed by atoms with E-state index < -0.39 is 11.8 Å². The maximum Gasteiger partial charge on any atom is 0.329 e. The van der Waals surface area contributed by atoms with Crippen molar-refractivity contribution in [3.8, 4) is 23.0 Å². The topological polar surface area (TPSA) is 107 Å². The lowest BCUT2D eigenvalue weighted by Crippen LogP contribution is -2.32. The van der Waals surface area contributed by atoms with Gasteiger partial charge in [0.2, 0.25) is 5.75 Å². The van der Waals surface area contributed by atoms with Crippen molar-refractivity contribution >= 4 is 23.7 Å². The predicted molar refractivity (Wildman–Crippen MR) is 108 cm³/mol. The quantitative estimate of drug-likeness (QED) is 0.399. The van der Waals surface area contributed by atoms with Gasteiger partial charge in [-0.3, -0.25) is 9.59 Å². The average molecular weight is 401 g/mol. The van der Waals surface area contributed by atoms with E-state index in [-0.39, 0.29) is 0 Å². The van der Waals surface area contributed by atoms with E-state index in [0.717, 1.165) is 0 Å². The third kappa shape index (κ3) is 5.61. The van der Waals surface area contributed by atoms with Crippen LogP contribution < -0.4 is 29.7 Å². The first-order valence-corrected chi connectivity index (χ1v) is 8.70. The van der Waals surface area contributed by atoms with Crippen molar-refractivity contribution in [3.05, 3.63) is 42.0 Å². The van der Waals surface area contributed by atoms with Crippen molar-refractivity contribution in [2.45, 2.75) is 6.92 Å². The Kier molecular flexibility index (Phi) is 7.84. The van der Waals surface area contributed by atoms with E-state index in [2.05, 4.69) is 15.8 Å².